The number of piperazine rings is 1. The fraction of sp³-hybridized carbons (Fsp3) is 0.500. The molecule has 3 rings (SSSR count). The third-order valence-electron chi connectivity index (χ3n) is 4.58. The Labute approximate surface area is 160 Å². The predicted molar refractivity (Wildman–Crippen MR) is 95.5 cm³/mol. The Balaban J connectivity index is 1.78. The number of fused-ring (bicyclic) bond motifs is 1. The second-order valence-corrected chi connectivity index (χ2v) is 8.72. The van der Waals surface area contributed by atoms with Crippen LogP contribution in [-0.4, -0.2) is 77.7 Å². The Morgan fingerprint density at radius 2 is 1.75 bits per heavy atom. The third kappa shape index (κ3) is 3.84. The van der Waals surface area contributed by atoms with E-state index in [0.29, 0.717) is 0 Å². The molecule has 1 aromatic heterocycles. The van der Waals surface area contributed by atoms with Crippen molar-refractivity contribution in [3.63, 3.8) is 0 Å². The molecule has 0 bridgehead atoms. The maximum absolute atomic E-state index is 13.4. The zero-order valence-corrected chi connectivity index (χ0v) is 16.2. The summed E-state index contributed by atoms with van der Waals surface area (Å²) >= 11 is 0. The first-order valence-electron chi connectivity index (χ1n) is 8.49. The first-order chi connectivity index (χ1) is 13.0. The maximum Gasteiger partial charge on any atom is 0.449 e. The molecule has 2 heterocycles. The van der Waals surface area contributed by atoms with Crippen molar-refractivity contribution in [1.82, 2.24) is 23.1 Å². The molecule has 1 amide bonds. The first kappa shape index (κ1) is 20.6. The van der Waals surface area contributed by atoms with Gasteiger partial charge in [0.25, 0.3) is 10.2 Å². The number of carbonyl (C=O) groups is 1. The van der Waals surface area contributed by atoms with Crippen molar-refractivity contribution < 1.29 is 26.4 Å². The van der Waals surface area contributed by atoms with Gasteiger partial charge in [0, 0.05) is 40.3 Å². The van der Waals surface area contributed by atoms with Crippen LogP contribution in [0.5, 0.6) is 0 Å². The summed E-state index contributed by atoms with van der Waals surface area (Å²) in [6.45, 7) is -0.123. The minimum absolute atomic E-state index is 0.0864. The van der Waals surface area contributed by atoms with Crippen LogP contribution in [0.1, 0.15) is 5.82 Å². The standard InChI is InChI=1S/C16H20F3N5O3S/c1-21(2)28(26,27)23-9-7-22(8-10-23)14(25)11-24-13-6-4-3-5-12(13)20-15(24)16(17,18)19/h3-6H,7-11H2,1-2H3. The molecule has 0 saturated carbocycles. The number of rotatable bonds is 4. The highest BCUT2D eigenvalue weighted by Gasteiger charge is 2.38. The van der Waals surface area contributed by atoms with Gasteiger partial charge in [-0.2, -0.15) is 30.2 Å². The average molecular weight is 419 g/mol. The highest BCUT2D eigenvalue weighted by molar-refractivity contribution is 7.86. The van der Waals surface area contributed by atoms with Gasteiger partial charge >= 0.3 is 6.18 Å². The summed E-state index contributed by atoms with van der Waals surface area (Å²) in [6, 6.07) is 6.09. The SMILES string of the molecule is CN(C)S(=O)(=O)N1CCN(C(=O)Cn2c(C(F)(F)F)nc3ccccc32)CC1. The number of carbonyl (C=O) groups excluding carboxylic acids is 1. The molecule has 0 atom stereocenters. The molecule has 2 aromatic rings. The van der Waals surface area contributed by atoms with Gasteiger partial charge in [-0.25, -0.2) is 4.98 Å². The molecule has 0 aliphatic carbocycles. The smallest absolute Gasteiger partial charge is 0.338 e. The second-order valence-electron chi connectivity index (χ2n) is 6.58. The Kier molecular flexibility index (Phi) is 5.38. The summed E-state index contributed by atoms with van der Waals surface area (Å²) < 4.78 is 67.5. The Hall–Kier alpha value is -2.18. The number of benzene rings is 1. The van der Waals surface area contributed by atoms with Crippen molar-refractivity contribution in [2.45, 2.75) is 12.7 Å². The molecule has 0 N–H and O–H groups in total. The molecule has 12 heteroatoms. The highest BCUT2D eigenvalue weighted by atomic mass is 32.2. The number of hydrogen-bond donors (Lipinski definition) is 0. The lowest BCUT2D eigenvalue weighted by Gasteiger charge is -2.35. The molecule has 8 nitrogen and oxygen atoms in total. The van der Waals surface area contributed by atoms with Crippen LogP contribution in [0.25, 0.3) is 11.0 Å². The van der Waals surface area contributed by atoms with Gasteiger partial charge in [0.2, 0.25) is 11.7 Å². The highest BCUT2D eigenvalue weighted by Crippen LogP contribution is 2.31. The van der Waals surface area contributed by atoms with Crippen molar-refractivity contribution >= 4 is 27.1 Å². The molecule has 1 fully saturated rings. The van der Waals surface area contributed by atoms with Gasteiger partial charge in [0.05, 0.1) is 11.0 Å². The Morgan fingerprint density at radius 1 is 1.14 bits per heavy atom. The fourth-order valence-corrected chi connectivity index (χ4v) is 4.17. The van der Waals surface area contributed by atoms with Crippen LogP contribution < -0.4 is 0 Å². The summed E-state index contributed by atoms with van der Waals surface area (Å²) in [5.74, 6) is -1.65. The van der Waals surface area contributed by atoms with Gasteiger partial charge in [-0.15, -0.1) is 0 Å². The molecule has 28 heavy (non-hydrogen) atoms. The van der Waals surface area contributed by atoms with E-state index in [1.54, 1.807) is 12.1 Å². The second kappa shape index (κ2) is 7.33. The summed E-state index contributed by atoms with van der Waals surface area (Å²) in [5.41, 5.74) is 0.376. The fourth-order valence-electron chi connectivity index (χ4n) is 3.09. The van der Waals surface area contributed by atoms with Gasteiger partial charge in [0.15, 0.2) is 0 Å². The number of alkyl halides is 3. The summed E-state index contributed by atoms with van der Waals surface area (Å²) in [4.78, 5) is 17.6. The summed E-state index contributed by atoms with van der Waals surface area (Å²) in [6.07, 6.45) is -4.70. The van der Waals surface area contributed by atoms with Crippen LogP contribution in [0, 0.1) is 0 Å². The Morgan fingerprint density at radius 3 is 2.32 bits per heavy atom. The normalized spacial score (nSPS) is 16.9. The first-order valence-corrected chi connectivity index (χ1v) is 9.89. The molecule has 0 spiro atoms. The zero-order chi connectivity index (χ0) is 20.7. The molecule has 0 unspecified atom stereocenters. The van der Waals surface area contributed by atoms with E-state index in [0.717, 1.165) is 8.87 Å². The van der Waals surface area contributed by atoms with E-state index in [9.17, 15) is 26.4 Å². The maximum atomic E-state index is 13.4. The van der Waals surface area contributed by atoms with E-state index in [2.05, 4.69) is 4.98 Å². The number of para-hydroxylation sites is 2. The summed E-state index contributed by atoms with van der Waals surface area (Å²) in [7, 11) is -0.764. The van der Waals surface area contributed by atoms with Crippen LogP contribution in [0.3, 0.4) is 0 Å². The molecule has 0 radical (unpaired) electrons. The van der Waals surface area contributed by atoms with E-state index < -0.39 is 34.7 Å². The van der Waals surface area contributed by atoms with Crippen molar-refractivity contribution in [2.75, 3.05) is 40.3 Å². The van der Waals surface area contributed by atoms with Crippen LogP contribution in [0.4, 0.5) is 13.2 Å². The third-order valence-corrected chi connectivity index (χ3v) is 6.52. The van der Waals surface area contributed by atoms with Gasteiger partial charge in [-0.1, -0.05) is 12.1 Å². The number of imidazole rings is 1. The average Bonchev–Trinajstić information content (AvgIpc) is 3.00. The van der Waals surface area contributed by atoms with Gasteiger partial charge in [-0.05, 0) is 12.1 Å². The number of aromatic nitrogens is 2. The van der Waals surface area contributed by atoms with Crippen LogP contribution >= 0.6 is 0 Å². The van der Waals surface area contributed by atoms with Gasteiger partial charge < -0.3 is 9.47 Å². The van der Waals surface area contributed by atoms with Crippen molar-refractivity contribution in [3.05, 3.63) is 30.1 Å². The van der Waals surface area contributed by atoms with E-state index in [1.165, 1.54) is 35.4 Å². The topological polar surface area (TPSA) is 78.8 Å². The number of amides is 1. The molecule has 1 aliphatic heterocycles. The van der Waals surface area contributed by atoms with E-state index >= 15 is 0 Å². The monoisotopic (exact) mass is 419 g/mol. The molecular formula is C16H20F3N5O3S. The zero-order valence-electron chi connectivity index (χ0n) is 15.3. The van der Waals surface area contributed by atoms with Gasteiger partial charge in [0.1, 0.15) is 6.54 Å². The number of hydrogen-bond acceptors (Lipinski definition) is 4. The minimum Gasteiger partial charge on any atom is -0.338 e. The quantitative estimate of drug-likeness (QED) is 0.741. The number of nitrogens with zero attached hydrogens (tertiary/aromatic N) is 5. The van der Waals surface area contributed by atoms with Gasteiger partial charge in [-0.3, -0.25) is 4.79 Å². The van der Waals surface area contributed by atoms with E-state index in [1.807, 2.05) is 0 Å². The molecule has 1 aromatic carbocycles. The number of halogens is 3. The van der Waals surface area contributed by atoms with E-state index in [4.69, 9.17) is 0 Å². The predicted octanol–water partition coefficient (Wildman–Crippen LogP) is 1.01. The molecule has 1 saturated heterocycles. The van der Waals surface area contributed by atoms with Crippen LogP contribution in [0.15, 0.2) is 24.3 Å². The van der Waals surface area contributed by atoms with Crippen LogP contribution in [0.2, 0.25) is 0 Å². The van der Waals surface area contributed by atoms with E-state index in [-0.39, 0.29) is 37.2 Å². The van der Waals surface area contributed by atoms with Crippen molar-refractivity contribution in [3.8, 4) is 0 Å². The van der Waals surface area contributed by atoms with Crippen molar-refractivity contribution in [1.29, 1.82) is 0 Å². The molecule has 1 aliphatic rings. The molecule has 154 valence electrons. The Bertz CT molecular complexity index is 979. The van der Waals surface area contributed by atoms with Crippen LogP contribution in [-0.2, 0) is 27.7 Å². The lowest BCUT2D eigenvalue weighted by molar-refractivity contribution is -0.148. The summed E-state index contributed by atoms with van der Waals surface area (Å²) in [5, 5.41) is 0. The lowest BCUT2D eigenvalue weighted by atomic mass is 10.3. The van der Waals surface area contributed by atoms with Crippen molar-refractivity contribution in [2.24, 2.45) is 0 Å². The largest absolute Gasteiger partial charge is 0.449 e. The molecular weight excluding hydrogens is 399 g/mol. The lowest BCUT2D eigenvalue weighted by Crippen LogP contribution is -2.53. The minimum atomic E-state index is -4.70.